The first-order chi connectivity index (χ1) is 14.7. The number of nitrogens with one attached hydrogen (secondary N) is 2. The number of amides is 2. The van der Waals surface area contributed by atoms with Crippen LogP contribution in [-0.2, 0) is 14.3 Å². The van der Waals surface area contributed by atoms with Gasteiger partial charge in [0.05, 0.1) is 18.1 Å². The number of ether oxygens (including phenoxy) is 2. The van der Waals surface area contributed by atoms with Gasteiger partial charge in [0.1, 0.15) is 5.75 Å². The Balaban J connectivity index is 1.33. The molecule has 0 aliphatic carbocycles. The van der Waals surface area contributed by atoms with Gasteiger partial charge in [-0.1, -0.05) is 11.8 Å². The molecule has 10 heteroatoms. The summed E-state index contributed by atoms with van der Waals surface area (Å²) in [5.74, 6) is 0.307. The van der Waals surface area contributed by atoms with Gasteiger partial charge in [-0.25, -0.2) is 15.4 Å². The first kappa shape index (κ1) is 21.7. The summed E-state index contributed by atoms with van der Waals surface area (Å²) in [4.78, 5) is 31.7. The molecular formula is C20H23N5O4S. The number of nitrogens with zero attached hydrogens (tertiary/aromatic N) is 3. The molecule has 30 heavy (non-hydrogen) atoms. The molecule has 0 unspecified atom stereocenters. The minimum Gasteiger partial charge on any atom is -0.484 e. The summed E-state index contributed by atoms with van der Waals surface area (Å²) in [6, 6.07) is 8.74. The molecule has 2 heterocycles. The van der Waals surface area contributed by atoms with Gasteiger partial charge >= 0.3 is 0 Å². The molecule has 2 amide bonds. The van der Waals surface area contributed by atoms with Gasteiger partial charge in [-0.3, -0.25) is 9.59 Å². The van der Waals surface area contributed by atoms with Crippen LogP contribution in [0.4, 0.5) is 0 Å². The normalized spacial score (nSPS) is 15.8. The van der Waals surface area contributed by atoms with E-state index in [4.69, 9.17) is 9.47 Å². The van der Waals surface area contributed by atoms with Crippen LogP contribution in [0.1, 0.15) is 18.4 Å². The maximum Gasteiger partial charge on any atom is 0.258 e. The zero-order valence-electron chi connectivity index (χ0n) is 16.3. The number of benzene rings is 1. The van der Waals surface area contributed by atoms with Crippen LogP contribution in [0.2, 0.25) is 0 Å². The molecule has 158 valence electrons. The van der Waals surface area contributed by atoms with Gasteiger partial charge in [-0.05, 0) is 48.7 Å². The minimum atomic E-state index is -0.252. The first-order valence-electron chi connectivity index (χ1n) is 9.52. The molecule has 9 nitrogen and oxygen atoms in total. The lowest BCUT2D eigenvalue weighted by molar-refractivity contribution is -0.123. The molecule has 0 bridgehead atoms. The predicted molar refractivity (Wildman–Crippen MR) is 112 cm³/mol. The summed E-state index contributed by atoms with van der Waals surface area (Å²) in [5, 5.41) is 7.26. The number of hydrogen-bond acceptors (Lipinski definition) is 8. The summed E-state index contributed by atoms with van der Waals surface area (Å²) in [6.45, 7) is 1.22. The van der Waals surface area contributed by atoms with Gasteiger partial charge in [0.25, 0.3) is 11.8 Å². The van der Waals surface area contributed by atoms with E-state index in [9.17, 15) is 9.59 Å². The summed E-state index contributed by atoms with van der Waals surface area (Å²) in [7, 11) is 0. The van der Waals surface area contributed by atoms with E-state index in [-0.39, 0.29) is 30.3 Å². The van der Waals surface area contributed by atoms with Crippen molar-refractivity contribution in [2.24, 2.45) is 5.10 Å². The topological polar surface area (TPSA) is 115 Å². The monoisotopic (exact) mass is 429 g/mol. The van der Waals surface area contributed by atoms with E-state index >= 15 is 0 Å². The number of rotatable bonds is 10. The zero-order valence-corrected chi connectivity index (χ0v) is 17.1. The number of hydrazone groups is 1. The van der Waals surface area contributed by atoms with Crippen LogP contribution in [0.5, 0.6) is 5.75 Å². The second-order valence-electron chi connectivity index (χ2n) is 6.41. The van der Waals surface area contributed by atoms with Gasteiger partial charge in [0, 0.05) is 25.5 Å². The fourth-order valence-corrected chi connectivity index (χ4v) is 3.18. The first-order valence-corrected chi connectivity index (χ1v) is 10.5. The Hall–Kier alpha value is -2.98. The predicted octanol–water partition coefficient (Wildman–Crippen LogP) is 1.39. The standard InChI is InChI=1S/C20H23N5O4S/c26-18(23-12-17-3-1-10-28-17)13-29-16-6-4-15(5-7-16)11-24-25-19(27)14-30-20-21-8-2-9-22-20/h2,4-9,11,17H,1,3,10,12-14H2,(H,23,26)(H,25,27)/b24-11-/t17-/m0/s1. The van der Waals surface area contributed by atoms with Crippen molar-refractivity contribution < 1.29 is 19.1 Å². The van der Waals surface area contributed by atoms with E-state index in [0.29, 0.717) is 17.5 Å². The average molecular weight is 430 g/mol. The van der Waals surface area contributed by atoms with Crippen LogP contribution in [0.15, 0.2) is 53.0 Å². The molecule has 2 N–H and O–H groups in total. The minimum absolute atomic E-state index is 0.0565. The van der Waals surface area contributed by atoms with E-state index in [1.165, 1.54) is 18.0 Å². The smallest absolute Gasteiger partial charge is 0.258 e. The summed E-state index contributed by atoms with van der Waals surface area (Å²) < 4.78 is 10.9. The molecule has 1 aliphatic heterocycles. The third-order valence-electron chi connectivity index (χ3n) is 4.08. The number of aromatic nitrogens is 2. The van der Waals surface area contributed by atoms with Gasteiger partial charge < -0.3 is 14.8 Å². The van der Waals surface area contributed by atoms with Gasteiger partial charge in [0.2, 0.25) is 0 Å². The molecule has 1 atom stereocenters. The van der Waals surface area contributed by atoms with Crippen molar-refractivity contribution >= 4 is 29.8 Å². The fourth-order valence-electron chi connectivity index (χ4n) is 2.58. The molecule has 1 fully saturated rings. The van der Waals surface area contributed by atoms with Crippen LogP contribution in [-0.4, -0.2) is 59.6 Å². The highest BCUT2D eigenvalue weighted by atomic mass is 32.2. The Bertz CT molecular complexity index is 842. The van der Waals surface area contributed by atoms with Crippen LogP contribution >= 0.6 is 11.8 Å². The maximum atomic E-state index is 11.8. The molecule has 0 radical (unpaired) electrons. The molecule has 0 spiro atoms. The van der Waals surface area contributed by atoms with Gasteiger partial charge in [-0.2, -0.15) is 5.10 Å². The molecule has 3 rings (SSSR count). The van der Waals surface area contributed by atoms with Crippen molar-refractivity contribution in [2.45, 2.75) is 24.1 Å². The zero-order chi connectivity index (χ0) is 21.0. The van der Waals surface area contributed by atoms with Crippen molar-refractivity contribution in [3.63, 3.8) is 0 Å². The van der Waals surface area contributed by atoms with Crippen LogP contribution in [0.25, 0.3) is 0 Å². The molecule has 1 aromatic carbocycles. The molecule has 1 saturated heterocycles. The van der Waals surface area contributed by atoms with Crippen LogP contribution < -0.4 is 15.5 Å². The second kappa shape index (κ2) is 11.9. The molecule has 2 aromatic rings. The number of carbonyl (C=O) groups excluding carboxylic acids is 2. The number of hydrogen-bond donors (Lipinski definition) is 2. The molecule has 1 aliphatic rings. The Morgan fingerprint density at radius 2 is 2.03 bits per heavy atom. The fraction of sp³-hybridized carbons (Fsp3) is 0.350. The van der Waals surface area contributed by atoms with Crippen molar-refractivity contribution in [3.8, 4) is 5.75 Å². The Labute approximate surface area is 178 Å². The average Bonchev–Trinajstić information content (AvgIpc) is 3.30. The molecule has 0 saturated carbocycles. The summed E-state index contributed by atoms with van der Waals surface area (Å²) in [5.41, 5.74) is 3.23. The van der Waals surface area contributed by atoms with Crippen molar-refractivity contribution in [3.05, 3.63) is 48.3 Å². The van der Waals surface area contributed by atoms with Gasteiger partial charge in [0.15, 0.2) is 11.8 Å². The van der Waals surface area contributed by atoms with E-state index in [2.05, 4.69) is 25.8 Å². The van der Waals surface area contributed by atoms with E-state index < -0.39 is 0 Å². The lowest BCUT2D eigenvalue weighted by Crippen LogP contribution is -2.35. The quantitative estimate of drug-likeness (QED) is 0.254. The van der Waals surface area contributed by atoms with E-state index in [1.807, 2.05) is 0 Å². The largest absolute Gasteiger partial charge is 0.484 e. The van der Waals surface area contributed by atoms with E-state index in [0.717, 1.165) is 25.0 Å². The van der Waals surface area contributed by atoms with Crippen molar-refractivity contribution in [2.75, 3.05) is 25.5 Å². The molecular weight excluding hydrogens is 406 g/mol. The third-order valence-corrected chi connectivity index (χ3v) is 4.95. The highest BCUT2D eigenvalue weighted by molar-refractivity contribution is 7.99. The highest BCUT2D eigenvalue weighted by Gasteiger charge is 2.16. The van der Waals surface area contributed by atoms with Gasteiger partial charge in [-0.15, -0.1) is 0 Å². The second-order valence-corrected chi connectivity index (χ2v) is 7.35. The van der Waals surface area contributed by atoms with Crippen LogP contribution in [0.3, 0.4) is 0 Å². The summed E-state index contributed by atoms with van der Waals surface area (Å²) >= 11 is 1.23. The highest BCUT2D eigenvalue weighted by Crippen LogP contribution is 2.12. The SMILES string of the molecule is O=C(COc1ccc(/C=N\NC(=O)CSc2ncccn2)cc1)NC[C@@H]1CCCO1. The van der Waals surface area contributed by atoms with Crippen molar-refractivity contribution in [1.29, 1.82) is 0 Å². The van der Waals surface area contributed by atoms with Crippen molar-refractivity contribution in [1.82, 2.24) is 20.7 Å². The Morgan fingerprint density at radius 1 is 1.23 bits per heavy atom. The van der Waals surface area contributed by atoms with E-state index in [1.54, 1.807) is 42.7 Å². The lowest BCUT2D eigenvalue weighted by Gasteiger charge is -2.11. The number of thioether (sulfide) groups is 1. The molecule has 1 aromatic heterocycles. The Kier molecular flexibility index (Phi) is 8.61. The Morgan fingerprint density at radius 3 is 2.77 bits per heavy atom. The number of carbonyl (C=O) groups is 2. The third kappa shape index (κ3) is 7.80. The maximum absolute atomic E-state index is 11.8. The lowest BCUT2D eigenvalue weighted by atomic mass is 10.2. The van der Waals surface area contributed by atoms with Crippen LogP contribution in [0, 0.1) is 0 Å². The summed E-state index contributed by atoms with van der Waals surface area (Å²) in [6.07, 6.45) is 6.90.